The van der Waals surface area contributed by atoms with Crippen molar-refractivity contribution >= 4 is 45.1 Å². The Bertz CT molecular complexity index is 992. The normalized spacial score (nSPS) is 15.6. The molecule has 0 fully saturated rings. The third-order valence-electron chi connectivity index (χ3n) is 3.66. The Labute approximate surface area is 161 Å². The highest BCUT2D eigenvalue weighted by atomic mass is 35.5. The van der Waals surface area contributed by atoms with Gasteiger partial charge in [-0.25, -0.2) is 27.4 Å². The van der Waals surface area contributed by atoms with Gasteiger partial charge in [-0.05, 0) is 50.2 Å². The number of carbonyl (C=O) groups is 2. The quantitative estimate of drug-likeness (QED) is 0.720. The van der Waals surface area contributed by atoms with Crippen molar-refractivity contribution in [3.63, 3.8) is 0 Å². The van der Waals surface area contributed by atoms with Crippen LogP contribution in [0.15, 0.2) is 47.5 Å². The first kappa shape index (κ1) is 19.1. The van der Waals surface area contributed by atoms with E-state index in [4.69, 9.17) is 16.3 Å². The number of urea groups is 1. The molecule has 142 valence electrons. The number of esters is 1. The average Bonchev–Trinajstić information content (AvgIpc) is 2.60. The van der Waals surface area contributed by atoms with E-state index in [0.29, 0.717) is 15.0 Å². The number of halogens is 1. The Morgan fingerprint density at radius 2 is 1.89 bits per heavy atom. The molecule has 3 rings (SSSR count). The lowest BCUT2D eigenvalue weighted by molar-refractivity contribution is -0.147. The van der Waals surface area contributed by atoms with Gasteiger partial charge in [-0.1, -0.05) is 11.6 Å². The summed E-state index contributed by atoms with van der Waals surface area (Å²) in [4.78, 5) is 30.0. The van der Waals surface area contributed by atoms with Crippen LogP contribution in [0.3, 0.4) is 0 Å². The van der Waals surface area contributed by atoms with E-state index < -0.39 is 34.7 Å². The minimum Gasteiger partial charge on any atom is -0.462 e. The van der Waals surface area contributed by atoms with Crippen molar-refractivity contribution in [1.82, 2.24) is 9.29 Å². The molecule has 0 bridgehead atoms. The Kier molecular flexibility index (Phi) is 5.07. The molecule has 0 aliphatic carbocycles. The van der Waals surface area contributed by atoms with Crippen LogP contribution in [0.5, 0.6) is 0 Å². The lowest BCUT2D eigenvalue weighted by Gasteiger charge is -2.34. The van der Waals surface area contributed by atoms with Gasteiger partial charge in [-0.3, -0.25) is 4.79 Å². The van der Waals surface area contributed by atoms with Gasteiger partial charge in [0, 0.05) is 11.2 Å². The zero-order valence-electron chi connectivity index (χ0n) is 14.5. The molecule has 2 amide bonds. The summed E-state index contributed by atoms with van der Waals surface area (Å²) in [6, 6.07) is 8.08. The highest BCUT2D eigenvalue weighted by Gasteiger charge is 2.44. The zero-order chi connectivity index (χ0) is 19.8. The molecule has 1 aromatic heterocycles. The summed E-state index contributed by atoms with van der Waals surface area (Å²) < 4.78 is 31.2. The van der Waals surface area contributed by atoms with Gasteiger partial charge in [-0.15, -0.1) is 0 Å². The number of ether oxygens (including phenoxy) is 1. The fraction of sp³-hybridized carbons (Fsp3) is 0.235. The fourth-order valence-electron chi connectivity index (χ4n) is 2.57. The molecule has 27 heavy (non-hydrogen) atoms. The van der Waals surface area contributed by atoms with E-state index in [9.17, 15) is 18.0 Å². The van der Waals surface area contributed by atoms with Gasteiger partial charge >= 0.3 is 12.0 Å². The monoisotopic (exact) mass is 409 g/mol. The molecule has 0 spiro atoms. The maximum Gasteiger partial charge on any atom is 0.344 e. The average molecular weight is 410 g/mol. The molecule has 0 radical (unpaired) electrons. The molecule has 8 nitrogen and oxygen atoms in total. The van der Waals surface area contributed by atoms with Crippen molar-refractivity contribution in [3.8, 4) is 0 Å². The number of nitrogens with zero attached hydrogens (tertiary/aromatic N) is 3. The van der Waals surface area contributed by atoms with Crippen LogP contribution in [0.25, 0.3) is 0 Å². The van der Waals surface area contributed by atoms with Crippen LogP contribution in [0, 0.1) is 0 Å². The summed E-state index contributed by atoms with van der Waals surface area (Å²) >= 11 is 5.89. The van der Waals surface area contributed by atoms with Gasteiger partial charge in [0.2, 0.25) is 0 Å². The number of benzene rings is 1. The van der Waals surface area contributed by atoms with Crippen LogP contribution in [-0.2, 0) is 19.6 Å². The number of fused-ring (bicyclic) bond motifs is 1. The number of rotatable bonds is 4. The van der Waals surface area contributed by atoms with Gasteiger partial charge in [0.05, 0.1) is 11.8 Å². The van der Waals surface area contributed by atoms with Gasteiger partial charge in [-0.2, -0.15) is 0 Å². The van der Waals surface area contributed by atoms with Gasteiger partial charge in [0.25, 0.3) is 10.0 Å². The molecule has 0 unspecified atom stereocenters. The Morgan fingerprint density at radius 1 is 1.22 bits per heavy atom. The second-order valence-corrected chi connectivity index (χ2v) is 8.24. The molecule has 2 heterocycles. The van der Waals surface area contributed by atoms with E-state index in [1.807, 2.05) is 0 Å². The summed E-state index contributed by atoms with van der Waals surface area (Å²) in [6.45, 7) is 2.52. The van der Waals surface area contributed by atoms with Crippen LogP contribution < -0.4 is 4.90 Å². The Morgan fingerprint density at radius 3 is 2.52 bits per heavy atom. The first-order valence-electron chi connectivity index (χ1n) is 7.98. The minimum atomic E-state index is -4.26. The maximum atomic E-state index is 13.0. The number of aromatic nitrogens is 1. The fourth-order valence-corrected chi connectivity index (χ4v) is 4.12. The lowest BCUT2D eigenvalue weighted by atomic mass is 10.3. The summed E-state index contributed by atoms with van der Waals surface area (Å²) in [5.41, 5.74) is 0.362. The van der Waals surface area contributed by atoms with Crippen molar-refractivity contribution in [2.45, 2.75) is 24.8 Å². The molecule has 2 aromatic rings. The number of hydrogen-bond acceptors (Lipinski definition) is 6. The number of carbonyl (C=O) groups excluding carboxylic acids is 2. The van der Waals surface area contributed by atoms with Crippen molar-refractivity contribution in [3.05, 3.63) is 47.6 Å². The van der Waals surface area contributed by atoms with E-state index in [1.54, 1.807) is 38.1 Å². The largest absolute Gasteiger partial charge is 0.462 e. The first-order chi connectivity index (χ1) is 12.7. The van der Waals surface area contributed by atoms with E-state index in [1.165, 1.54) is 18.3 Å². The smallest absolute Gasteiger partial charge is 0.344 e. The van der Waals surface area contributed by atoms with Crippen molar-refractivity contribution < 1.29 is 22.7 Å². The molecule has 0 N–H and O–H groups in total. The summed E-state index contributed by atoms with van der Waals surface area (Å²) in [5.74, 6) is -0.872. The van der Waals surface area contributed by atoms with Crippen LogP contribution >= 0.6 is 11.6 Å². The molecule has 0 saturated heterocycles. The second-order valence-electron chi connectivity index (χ2n) is 5.97. The number of pyridine rings is 1. The van der Waals surface area contributed by atoms with Crippen LogP contribution in [0.1, 0.15) is 13.8 Å². The van der Waals surface area contributed by atoms with E-state index in [2.05, 4.69) is 4.98 Å². The minimum absolute atomic E-state index is 0.0432. The number of sulfonamides is 1. The van der Waals surface area contributed by atoms with Crippen LogP contribution in [-0.4, -0.2) is 42.4 Å². The van der Waals surface area contributed by atoms with Crippen molar-refractivity contribution in [2.75, 3.05) is 11.4 Å². The van der Waals surface area contributed by atoms with Gasteiger partial charge in [0.1, 0.15) is 11.4 Å². The standard InChI is InChI=1S/C17H16ClN3O5S/c1-11(2)26-15(22)10-20-17(23)21(13-7-5-12(18)6-8-13)16-14(27(20,24)25)4-3-9-19-16/h3-9,11H,10H2,1-2H3. The third kappa shape index (κ3) is 3.60. The molecule has 1 aromatic carbocycles. The maximum absolute atomic E-state index is 13.0. The molecule has 1 aliphatic rings. The molecule has 1 aliphatic heterocycles. The topological polar surface area (TPSA) is 96.9 Å². The number of hydrogen-bond donors (Lipinski definition) is 0. The highest BCUT2D eigenvalue weighted by molar-refractivity contribution is 7.90. The van der Waals surface area contributed by atoms with Crippen molar-refractivity contribution in [1.29, 1.82) is 0 Å². The van der Waals surface area contributed by atoms with Crippen LogP contribution in [0.4, 0.5) is 16.3 Å². The second kappa shape index (κ2) is 7.16. The summed E-state index contributed by atoms with van der Waals surface area (Å²) in [5, 5.41) is 0.453. The number of anilines is 2. The summed E-state index contributed by atoms with van der Waals surface area (Å²) in [6.07, 6.45) is 0.939. The Balaban J connectivity index is 2.11. The molecular formula is C17H16ClN3O5S. The third-order valence-corrected chi connectivity index (χ3v) is 5.65. The predicted molar refractivity (Wildman–Crippen MR) is 98.3 cm³/mol. The highest BCUT2D eigenvalue weighted by Crippen LogP contribution is 2.37. The lowest BCUT2D eigenvalue weighted by Crippen LogP contribution is -2.51. The molecule has 0 saturated carbocycles. The van der Waals surface area contributed by atoms with Crippen LogP contribution in [0.2, 0.25) is 5.02 Å². The van der Waals surface area contributed by atoms with Gasteiger partial charge in [0.15, 0.2) is 5.82 Å². The van der Waals surface area contributed by atoms with E-state index in [-0.39, 0.29) is 10.7 Å². The van der Waals surface area contributed by atoms with Crippen molar-refractivity contribution in [2.24, 2.45) is 0 Å². The molecule has 0 atom stereocenters. The molecular weight excluding hydrogens is 394 g/mol. The number of amides is 2. The predicted octanol–water partition coefficient (Wildman–Crippen LogP) is 2.95. The molecule has 10 heteroatoms. The SMILES string of the molecule is CC(C)OC(=O)CN1C(=O)N(c2ccc(Cl)cc2)c2ncccc2S1(=O)=O. The zero-order valence-corrected chi connectivity index (χ0v) is 16.1. The van der Waals surface area contributed by atoms with Gasteiger partial charge < -0.3 is 4.74 Å². The Hall–Kier alpha value is -2.65. The van der Waals surface area contributed by atoms with E-state index in [0.717, 1.165) is 4.90 Å². The van der Waals surface area contributed by atoms with E-state index >= 15 is 0 Å². The summed E-state index contributed by atoms with van der Waals surface area (Å²) in [7, 11) is -4.26. The first-order valence-corrected chi connectivity index (χ1v) is 9.80.